The van der Waals surface area contributed by atoms with Crippen LogP contribution >= 0.6 is 11.6 Å². The zero-order valence-electron chi connectivity index (χ0n) is 9.68. The van der Waals surface area contributed by atoms with Crippen molar-refractivity contribution in [1.29, 1.82) is 0 Å². The largest absolute Gasteiger partial charge is 0.368 e. The number of carbonyl (C=O) groups excluding carboxylic acids is 1. The predicted octanol–water partition coefficient (Wildman–Crippen LogP) is 1.94. The molecule has 0 aliphatic carbocycles. The Morgan fingerprint density at radius 2 is 2.33 bits per heavy atom. The summed E-state index contributed by atoms with van der Waals surface area (Å²) >= 11 is 5.84. The molecule has 3 atom stereocenters. The molecule has 3 unspecified atom stereocenters. The highest BCUT2D eigenvalue weighted by molar-refractivity contribution is 6.18. The number of alkyl halides is 1. The van der Waals surface area contributed by atoms with Crippen molar-refractivity contribution in [3.8, 4) is 0 Å². The highest BCUT2D eigenvalue weighted by Crippen LogP contribution is 2.21. The monoisotopic (exact) mass is 233 g/mol. The lowest BCUT2D eigenvalue weighted by Gasteiger charge is -2.29. The van der Waals surface area contributed by atoms with Gasteiger partial charge in [0.1, 0.15) is 6.10 Å². The lowest BCUT2D eigenvalue weighted by Crippen LogP contribution is -2.51. The number of halogens is 1. The third-order valence-corrected chi connectivity index (χ3v) is 3.74. The Morgan fingerprint density at radius 1 is 1.67 bits per heavy atom. The van der Waals surface area contributed by atoms with E-state index in [2.05, 4.69) is 5.32 Å². The fraction of sp³-hybridized carbons (Fsp3) is 0.909. The second-order valence-electron chi connectivity index (χ2n) is 4.59. The van der Waals surface area contributed by atoms with Crippen molar-refractivity contribution in [2.24, 2.45) is 5.92 Å². The van der Waals surface area contributed by atoms with Crippen LogP contribution in [0, 0.1) is 5.92 Å². The summed E-state index contributed by atoms with van der Waals surface area (Å²) in [5, 5.41) is 2.97. The summed E-state index contributed by atoms with van der Waals surface area (Å²) in [6, 6.07) is 0. The standard InChI is InChI=1S/C11H20ClNO2/c1-4-11(3,7-12)13-10(14)9-8(2)5-6-15-9/h8-9H,4-7H2,1-3H3,(H,13,14). The molecule has 4 heteroatoms. The first-order valence-corrected chi connectivity index (χ1v) is 6.05. The smallest absolute Gasteiger partial charge is 0.249 e. The number of rotatable bonds is 4. The highest BCUT2D eigenvalue weighted by Gasteiger charge is 2.34. The Hall–Kier alpha value is -0.280. The minimum atomic E-state index is -0.315. The molecule has 0 radical (unpaired) electrons. The summed E-state index contributed by atoms with van der Waals surface area (Å²) in [6.07, 6.45) is 1.49. The summed E-state index contributed by atoms with van der Waals surface area (Å²) in [7, 11) is 0. The molecule has 3 nitrogen and oxygen atoms in total. The maximum atomic E-state index is 11.9. The van der Waals surface area contributed by atoms with Gasteiger partial charge < -0.3 is 10.1 Å². The van der Waals surface area contributed by atoms with Crippen molar-refractivity contribution in [3.63, 3.8) is 0 Å². The van der Waals surface area contributed by atoms with Gasteiger partial charge in [-0.15, -0.1) is 11.6 Å². The quantitative estimate of drug-likeness (QED) is 0.754. The van der Waals surface area contributed by atoms with Gasteiger partial charge in [0.05, 0.1) is 5.54 Å². The van der Waals surface area contributed by atoms with Crippen molar-refractivity contribution in [2.45, 2.75) is 45.3 Å². The lowest BCUT2D eigenvalue weighted by atomic mass is 9.98. The van der Waals surface area contributed by atoms with Gasteiger partial charge in [0.2, 0.25) is 5.91 Å². The molecule has 1 fully saturated rings. The van der Waals surface area contributed by atoms with Gasteiger partial charge >= 0.3 is 0 Å². The van der Waals surface area contributed by atoms with E-state index in [0.717, 1.165) is 12.8 Å². The molecule has 15 heavy (non-hydrogen) atoms. The normalized spacial score (nSPS) is 29.9. The van der Waals surface area contributed by atoms with E-state index in [1.54, 1.807) is 0 Å². The van der Waals surface area contributed by atoms with Crippen LogP contribution in [0.15, 0.2) is 0 Å². The van der Waals surface area contributed by atoms with E-state index in [1.807, 2.05) is 20.8 Å². The van der Waals surface area contributed by atoms with Crippen LogP contribution in [0.4, 0.5) is 0 Å². The van der Waals surface area contributed by atoms with Crippen LogP contribution in [0.2, 0.25) is 0 Å². The van der Waals surface area contributed by atoms with Crippen LogP contribution in [0.1, 0.15) is 33.6 Å². The Labute approximate surface area is 96.5 Å². The second-order valence-corrected chi connectivity index (χ2v) is 4.86. The summed E-state index contributed by atoms with van der Waals surface area (Å²) in [5.74, 6) is 0.711. The fourth-order valence-electron chi connectivity index (χ4n) is 1.62. The molecular formula is C11H20ClNO2. The first-order chi connectivity index (χ1) is 7.02. The van der Waals surface area contributed by atoms with E-state index < -0.39 is 0 Å². The number of ether oxygens (including phenoxy) is 1. The summed E-state index contributed by atoms with van der Waals surface area (Å²) < 4.78 is 5.41. The molecule has 1 N–H and O–H groups in total. The molecule has 1 aliphatic rings. The lowest BCUT2D eigenvalue weighted by molar-refractivity contribution is -0.133. The number of hydrogen-bond donors (Lipinski definition) is 1. The third-order valence-electron chi connectivity index (χ3n) is 3.15. The number of hydrogen-bond acceptors (Lipinski definition) is 2. The van der Waals surface area contributed by atoms with Crippen molar-refractivity contribution >= 4 is 17.5 Å². The minimum Gasteiger partial charge on any atom is -0.368 e. The molecule has 0 spiro atoms. The minimum absolute atomic E-state index is 0.0231. The van der Waals surface area contributed by atoms with Crippen molar-refractivity contribution in [1.82, 2.24) is 5.32 Å². The first-order valence-electron chi connectivity index (χ1n) is 5.52. The van der Waals surface area contributed by atoms with E-state index in [9.17, 15) is 4.79 Å². The maximum absolute atomic E-state index is 11.9. The Bertz CT molecular complexity index is 229. The molecule has 88 valence electrons. The highest BCUT2D eigenvalue weighted by atomic mass is 35.5. The van der Waals surface area contributed by atoms with Gasteiger partial charge in [-0.1, -0.05) is 13.8 Å². The van der Waals surface area contributed by atoms with Crippen LogP contribution in [0.5, 0.6) is 0 Å². The molecule has 1 amide bonds. The van der Waals surface area contributed by atoms with Crippen LogP contribution in [-0.4, -0.2) is 30.0 Å². The van der Waals surface area contributed by atoms with Gasteiger partial charge in [0, 0.05) is 12.5 Å². The Kier molecular flexibility index (Phi) is 4.41. The summed E-state index contributed by atoms with van der Waals surface area (Å²) in [6.45, 7) is 6.70. The molecule has 0 saturated carbocycles. The van der Waals surface area contributed by atoms with Crippen molar-refractivity contribution in [2.75, 3.05) is 12.5 Å². The molecule has 0 aromatic rings. The SMILES string of the molecule is CCC(C)(CCl)NC(=O)C1OCCC1C. The average Bonchev–Trinajstić information content (AvgIpc) is 2.64. The molecule has 1 saturated heterocycles. The Morgan fingerprint density at radius 3 is 2.73 bits per heavy atom. The van der Waals surface area contributed by atoms with Crippen molar-refractivity contribution in [3.05, 3.63) is 0 Å². The van der Waals surface area contributed by atoms with Gasteiger partial charge in [-0.2, -0.15) is 0 Å². The van der Waals surface area contributed by atoms with Gasteiger partial charge in [0.15, 0.2) is 0 Å². The van der Waals surface area contributed by atoms with Crippen LogP contribution in [0.25, 0.3) is 0 Å². The summed E-state index contributed by atoms with van der Waals surface area (Å²) in [4.78, 5) is 11.9. The third kappa shape index (κ3) is 3.08. The van der Waals surface area contributed by atoms with Crippen molar-refractivity contribution < 1.29 is 9.53 Å². The van der Waals surface area contributed by atoms with E-state index in [4.69, 9.17) is 16.3 Å². The summed E-state index contributed by atoms with van der Waals surface area (Å²) in [5.41, 5.74) is -0.315. The molecule has 1 rings (SSSR count). The van der Waals surface area contributed by atoms with Gasteiger partial charge in [-0.25, -0.2) is 0 Å². The van der Waals surface area contributed by atoms with Gasteiger partial charge in [-0.05, 0) is 25.7 Å². The molecule has 1 heterocycles. The molecule has 0 aromatic carbocycles. The van der Waals surface area contributed by atoms with Crippen LogP contribution < -0.4 is 5.32 Å². The van der Waals surface area contributed by atoms with E-state index in [0.29, 0.717) is 18.4 Å². The maximum Gasteiger partial charge on any atom is 0.249 e. The fourth-order valence-corrected chi connectivity index (χ4v) is 1.87. The molecule has 0 bridgehead atoms. The zero-order valence-corrected chi connectivity index (χ0v) is 10.4. The van der Waals surface area contributed by atoms with Gasteiger partial charge in [0.25, 0.3) is 0 Å². The van der Waals surface area contributed by atoms with E-state index in [-0.39, 0.29) is 17.6 Å². The number of amides is 1. The Balaban J connectivity index is 2.54. The molecular weight excluding hydrogens is 214 g/mol. The zero-order chi connectivity index (χ0) is 11.5. The van der Waals surface area contributed by atoms with Gasteiger partial charge in [-0.3, -0.25) is 4.79 Å². The number of nitrogens with one attached hydrogen (secondary N) is 1. The predicted molar refractivity (Wildman–Crippen MR) is 61.1 cm³/mol. The number of carbonyl (C=O) groups is 1. The van der Waals surface area contributed by atoms with E-state index in [1.165, 1.54) is 0 Å². The second kappa shape index (κ2) is 5.17. The molecule has 1 aliphatic heterocycles. The van der Waals surface area contributed by atoms with E-state index >= 15 is 0 Å². The average molecular weight is 234 g/mol. The molecule has 0 aromatic heterocycles. The first kappa shape index (κ1) is 12.8. The van der Waals surface area contributed by atoms with Crippen LogP contribution in [0.3, 0.4) is 0 Å². The van der Waals surface area contributed by atoms with Crippen LogP contribution in [-0.2, 0) is 9.53 Å². The topological polar surface area (TPSA) is 38.3 Å².